The number of hydrogen-bond acceptors (Lipinski definition) is 19. The molecule has 0 unspecified atom stereocenters. The highest BCUT2D eigenvalue weighted by atomic mass is 16.8. The van der Waals surface area contributed by atoms with Crippen LogP contribution in [0.25, 0.3) is 6.08 Å². The highest BCUT2D eigenvalue weighted by Crippen LogP contribution is 2.33. The van der Waals surface area contributed by atoms with E-state index in [9.17, 15) is 61.0 Å². The number of benzene rings is 2. The van der Waals surface area contributed by atoms with Crippen molar-refractivity contribution in [2.75, 3.05) is 19.8 Å². The number of aliphatic hydroxyl groups excluding tert-OH is 8. The van der Waals surface area contributed by atoms with E-state index in [1.165, 1.54) is 55.5 Å². The van der Waals surface area contributed by atoms with Gasteiger partial charge in [0, 0.05) is 6.08 Å². The van der Waals surface area contributed by atoms with Gasteiger partial charge in [-0.15, -0.1) is 0 Å². The number of aliphatic hydroxyl groups is 8. The lowest BCUT2D eigenvalue weighted by Gasteiger charge is -2.47. The zero-order chi connectivity index (χ0) is 39.3. The lowest BCUT2D eigenvalue weighted by atomic mass is 9.96. The van der Waals surface area contributed by atoms with E-state index in [1.807, 2.05) is 0 Å². The normalized spacial score (nSPS) is 37.3. The van der Waals surface area contributed by atoms with Gasteiger partial charge >= 0.3 is 5.97 Å². The molecule has 3 heterocycles. The molecule has 11 N–H and O–H groups in total. The van der Waals surface area contributed by atoms with Gasteiger partial charge in [0.15, 0.2) is 36.5 Å². The van der Waals surface area contributed by atoms with Crippen molar-refractivity contribution in [3.8, 4) is 17.2 Å². The standard InChI is InChI=1S/C35H46O19/c1-15-24(41)26(43)29(46)35(50-15)54-32-30(47)34(48-11-10-17-4-8-19(38)20(39)12-17)52-22(14-49-33-28(45)27(44)25(42)21(13-36)51-33)31(32)53-23(40)9-5-16-2-6-18(37)7-3-16/h2-9,12,15,21-22,24-39,41-47H,10-11,13-14H2,1H3/t15-,21-,22-,24+,25-,26-,27+,28-,29-,30-,31-,32+,33+,34-,35+/m1/s1. The van der Waals surface area contributed by atoms with Crippen molar-refractivity contribution >= 4 is 12.0 Å². The second-order valence-electron chi connectivity index (χ2n) is 13.1. The fourth-order valence-corrected chi connectivity index (χ4v) is 6.08. The van der Waals surface area contributed by atoms with Crippen LogP contribution in [0.1, 0.15) is 18.1 Å². The smallest absolute Gasteiger partial charge is 0.331 e. The van der Waals surface area contributed by atoms with Crippen LogP contribution >= 0.6 is 0 Å². The Bertz CT molecular complexity index is 1540. The molecule has 0 bridgehead atoms. The predicted octanol–water partition coefficient (Wildman–Crippen LogP) is -2.90. The van der Waals surface area contributed by atoms with Crippen LogP contribution in [0.2, 0.25) is 0 Å². The van der Waals surface area contributed by atoms with E-state index in [0.29, 0.717) is 11.1 Å². The Morgan fingerprint density at radius 3 is 2.04 bits per heavy atom. The fourth-order valence-electron chi connectivity index (χ4n) is 6.08. The van der Waals surface area contributed by atoms with E-state index in [-0.39, 0.29) is 30.3 Å². The van der Waals surface area contributed by atoms with E-state index in [1.54, 1.807) is 0 Å². The molecule has 19 nitrogen and oxygen atoms in total. The van der Waals surface area contributed by atoms with Crippen LogP contribution in [0.15, 0.2) is 48.5 Å². The van der Waals surface area contributed by atoms with Gasteiger partial charge in [-0.3, -0.25) is 0 Å². The molecule has 3 saturated heterocycles. The number of carbonyl (C=O) groups excluding carboxylic acids is 1. The fraction of sp³-hybridized carbons (Fsp3) is 0.571. The number of carbonyl (C=O) groups is 1. The molecule has 0 aliphatic carbocycles. The third kappa shape index (κ3) is 9.83. The van der Waals surface area contributed by atoms with Gasteiger partial charge < -0.3 is 89.3 Å². The van der Waals surface area contributed by atoms with Crippen molar-refractivity contribution in [2.45, 2.75) is 105 Å². The van der Waals surface area contributed by atoms with E-state index >= 15 is 0 Å². The number of ether oxygens (including phenoxy) is 7. The molecule has 3 fully saturated rings. The van der Waals surface area contributed by atoms with Crippen molar-refractivity contribution in [2.24, 2.45) is 0 Å². The molecule has 15 atom stereocenters. The molecule has 3 aliphatic heterocycles. The average Bonchev–Trinajstić information content (AvgIpc) is 3.15. The van der Waals surface area contributed by atoms with Crippen LogP contribution in [0.4, 0.5) is 0 Å². The average molecular weight is 771 g/mol. The van der Waals surface area contributed by atoms with Crippen molar-refractivity contribution in [3.05, 3.63) is 59.7 Å². The first kappa shape index (κ1) is 41.6. The molecule has 0 aromatic heterocycles. The lowest BCUT2D eigenvalue weighted by Crippen LogP contribution is -2.65. The van der Waals surface area contributed by atoms with Crippen LogP contribution < -0.4 is 0 Å². The lowest BCUT2D eigenvalue weighted by molar-refractivity contribution is -0.364. The number of hydrogen-bond donors (Lipinski definition) is 11. The SMILES string of the molecule is C[C@H]1O[C@@H](O[C@H]2[C@@H](O)[C@H](OCCc3ccc(O)c(O)c3)O[C@H](CO[C@H]3O[C@H](CO)[C@@H](O)[C@H](O)[C@H]3O)[C@H]2OC(=O)C=Cc2ccc(O)cc2)[C@H](O)[C@H](O)[C@H]1O. The summed E-state index contributed by atoms with van der Waals surface area (Å²) < 4.78 is 40.3. The maximum atomic E-state index is 13.3. The van der Waals surface area contributed by atoms with Crippen molar-refractivity contribution < 1.29 is 94.1 Å². The van der Waals surface area contributed by atoms with Crippen molar-refractivity contribution in [1.82, 2.24) is 0 Å². The monoisotopic (exact) mass is 770 g/mol. The van der Waals surface area contributed by atoms with E-state index in [2.05, 4.69) is 0 Å². The molecule has 0 radical (unpaired) electrons. The summed E-state index contributed by atoms with van der Waals surface area (Å²) in [5, 5.41) is 113. The molecule has 19 heteroatoms. The molecular formula is C35H46O19. The molecule has 2 aromatic rings. The Balaban J connectivity index is 1.43. The zero-order valence-electron chi connectivity index (χ0n) is 28.9. The van der Waals surface area contributed by atoms with Gasteiger partial charge in [0.25, 0.3) is 0 Å². The summed E-state index contributed by atoms with van der Waals surface area (Å²) in [6, 6.07) is 9.88. The summed E-state index contributed by atoms with van der Waals surface area (Å²) in [6.45, 7) is -0.167. The van der Waals surface area contributed by atoms with Crippen LogP contribution in [0.5, 0.6) is 17.2 Å². The Hall–Kier alpha value is -3.51. The third-order valence-corrected chi connectivity index (χ3v) is 9.26. The van der Waals surface area contributed by atoms with Gasteiger partial charge in [0.2, 0.25) is 0 Å². The number of phenols is 3. The minimum Gasteiger partial charge on any atom is -0.508 e. The Morgan fingerprint density at radius 1 is 0.704 bits per heavy atom. The van der Waals surface area contributed by atoms with Gasteiger partial charge in [0.1, 0.15) is 66.8 Å². The molecule has 0 saturated carbocycles. The summed E-state index contributed by atoms with van der Waals surface area (Å²) in [5.41, 5.74) is 1.02. The van der Waals surface area contributed by atoms with Gasteiger partial charge in [-0.1, -0.05) is 18.2 Å². The minimum atomic E-state index is -1.86. The van der Waals surface area contributed by atoms with Crippen molar-refractivity contribution in [1.29, 1.82) is 0 Å². The minimum absolute atomic E-state index is 0.0117. The molecule has 54 heavy (non-hydrogen) atoms. The molecule has 300 valence electrons. The number of aromatic hydroxyl groups is 3. The van der Waals surface area contributed by atoms with E-state index in [0.717, 1.165) is 6.08 Å². The maximum absolute atomic E-state index is 13.3. The van der Waals surface area contributed by atoms with Gasteiger partial charge in [-0.25, -0.2) is 4.79 Å². The molecule has 3 aliphatic rings. The van der Waals surface area contributed by atoms with E-state index in [4.69, 9.17) is 33.2 Å². The van der Waals surface area contributed by atoms with Crippen molar-refractivity contribution in [3.63, 3.8) is 0 Å². The summed E-state index contributed by atoms with van der Waals surface area (Å²) in [7, 11) is 0. The first-order valence-corrected chi connectivity index (χ1v) is 17.1. The van der Waals surface area contributed by atoms with E-state index < -0.39 is 111 Å². The topological polar surface area (TPSA) is 304 Å². The number of esters is 1. The first-order chi connectivity index (χ1) is 25.7. The van der Waals surface area contributed by atoms with Gasteiger partial charge in [0.05, 0.1) is 25.9 Å². The second kappa shape index (κ2) is 18.4. The maximum Gasteiger partial charge on any atom is 0.331 e. The van der Waals surface area contributed by atoms with Crippen LogP contribution in [-0.2, 0) is 44.4 Å². The molecule has 2 aromatic carbocycles. The molecule has 0 spiro atoms. The summed E-state index contributed by atoms with van der Waals surface area (Å²) >= 11 is 0. The summed E-state index contributed by atoms with van der Waals surface area (Å²) in [6.07, 6.45) is -21.9. The Labute approximate surface area is 308 Å². The highest BCUT2D eigenvalue weighted by molar-refractivity contribution is 5.87. The summed E-state index contributed by atoms with van der Waals surface area (Å²) in [5.74, 6) is -1.74. The first-order valence-electron chi connectivity index (χ1n) is 17.1. The third-order valence-electron chi connectivity index (χ3n) is 9.26. The molecular weight excluding hydrogens is 724 g/mol. The molecule has 5 rings (SSSR count). The molecule has 0 amide bonds. The highest BCUT2D eigenvalue weighted by Gasteiger charge is 2.53. The largest absolute Gasteiger partial charge is 0.508 e. The Morgan fingerprint density at radius 2 is 1.35 bits per heavy atom. The predicted molar refractivity (Wildman–Crippen MR) is 178 cm³/mol. The van der Waals surface area contributed by atoms with Gasteiger partial charge in [-0.2, -0.15) is 0 Å². The second-order valence-corrected chi connectivity index (χ2v) is 13.1. The number of phenolic OH excluding ortho intramolecular Hbond substituents is 3. The quantitative estimate of drug-likeness (QED) is 0.0553. The zero-order valence-corrected chi connectivity index (χ0v) is 28.9. The number of rotatable bonds is 13. The van der Waals surface area contributed by atoms with Crippen LogP contribution in [0, 0.1) is 0 Å². The van der Waals surface area contributed by atoms with Crippen LogP contribution in [0.3, 0.4) is 0 Å². The summed E-state index contributed by atoms with van der Waals surface area (Å²) in [4.78, 5) is 13.3. The van der Waals surface area contributed by atoms with Gasteiger partial charge in [-0.05, 0) is 54.8 Å². The van der Waals surface area contributed by atoms with Crippen LogP contribution in [-0.4, -0.2) is 174 Å². The Kier molecular flexibility index (Phi) is 14.2.